The molecule has 0 unspecified atom stereocenters. The van der Waals surface area contributed by atoms with Crippen molar-refractivity contribution in [3.05, 3.63) is 60.4 Å². The van der Waals surface area contributed by atoms with Crippen LogP contribution in [-0.4, -0.2) is 12.3 Å². The summed E-state index contributed by atoms with van der Waals surface area (Å²) >= 11 is 0. The number of benzene rings is 2. The Morgan fingerprint density at radius 1 is 0.957 bits per heavy atom. The molecule has 3 aromatic rings. The summed E-state index contributed by atoms with van der Waals surface area (Å²) < 4.78 is 50.3. The summed E-state index contributed by atoms with van der Waals surface area (Å²) in [6.07, 6.45) is -3.32. The van der Waals surface area contributed by atoms with Crippen molar-refractivity contribution in [3.63, 3.8) is 0 Å². The van der Waals surface area contributed by atoms with E-state index in [-0.39, 0.29) is 5.75 Å². The molecule has 0 saturated carbocycles. The lowest BCUT2D eigenvalue weighted by molar-refractivity contribution is -0.274. The number of carbonyl (C=O) groups excluding carboxylic acids is 1. The van der Waals surface area contributed by atoms with Crippen LogP contribution in [0.25, 0.3) is 11.0 Å². The summed E-state index contributed by atoms with van der Waals surface area (Å²) in [4.78, 5) is 12.2. The van der Waals surface area contributed by atoms with E-state index in [0.717, 1.165) is 12.1 Å². The highest BCUT2D eigenvalue weighted by Crippen LogP contribution is 2.26. The Bertz CT molecular complexity index is 834. The minimum absolute atomic E-state index is 0.102. The predicted molar refractivity (Wildman–Crippen MR) is 74.3 cm³/mol. The Labute approximate surface area is 128 Å². The van der Waals surface area contributed by atoms with E-state index in [1.54, 1.807) is 24.3 Å². The van der Waals surface area contributed by atoms with Crippen LogP contribution >= 0.6 is 0 Å². The maximum absolute atomic E-state index is 12.2. The molecule has 0 amide bonds. The molecular weight excluding hydrogens is 313 g/mol. The van der Waals surface area contributed by atoms with Crippen LogP contribution in [0.2, 0.25) is 0 Å². The summed E-state index contributed by atoms with van der Waals surface area (Å²) in [5.74, 6) is -0.930. The Kier molecular flexibility index (Phi) is 3.69. The van der Waals surface area contributed by atoms with Crippen molar-refractivity contribution in [2.24, 2.45) is 0 Å². The molecule has 2 aromatic carbocycles. The van der Waals surface area contributed by atoms with Crippen LogP contribution < -0.4 is 9.47 Å². The zero-order valence-electron chi connectivity index (χ0n) is 11.5. The highest BCUT2D eigenvalue weighted by Gasteiger charge is 2.31. The van der Waals surface area contributed by atoms with Crippen molar-refractivity contribution in [1.29, 1.82) is 0 Å². The topological polar surface area (TPSA) is 48.7 Å². The molecule has 0 N–H and O–H groups in total. The quantitative estimate of drug-likeness (QED) is 0.524. The molecule has 4 nitrogen and oxygen atoms in total. The molecule has 0 aliphatic heterocycles. The molecule has 0 spiro atoms. The third-order valence-electron chi connectivity index (χ3n) is 2.98. The van der Waals surface area contributed by atoms with Gasteiger partial charge in [-0.1, -0.05) is 6.07 Å². The Morgan fingerprint density at radius 3 is 2.35 bits per heavy atom. The van der Waals surface area contributed by atoms with E-state index in [1.807, 2.05) is 0 Å². The van der Waals surface area contributed by atoms with E-state index in [4.69, 9.17) is 9.15 Å². The molecule has 0 atom stereocenters. The van der Waals surface area contributed by atoms with E-state index in [0.29, 0.717) is 16.5 Å². The summed E-state index contributed by atoms with van der Waals surface area (Å²) in [5, 5.41) is 0.592. The second-order valence-corrected chi connectivity index (χ2v) is 4.55. The molecule has 0 aliphatic rings. The van der Waals surface area contributed by atoms with E-state index in [1.165, 1.54) is 18.4 Å². The maximum Gasteiger partial charge on any atom is 0.573 e. The highest BCUT2D eigenvalue weighted by molar-refractivity contribution is 6.03. The largest absolute Gasteiger partial charge is 0.573 e. The van der Waals surface area contributed by atoms with Gasteiger partial charge in [0.1, 0.15) is 17.1 Å². The minimum Gasteiger partial charge on any atom is -0.464 e. The molecule has 118 valence electrons. The van der Waals surface area contributed by atoms with Crippen molar-refractivity contribution < 1.29 is 31.9 Å². The molecule has 23 heavy (non-hydrogen) atoms. The SMILES string of the molecule is O=C(Oc1ccc(OC(F)(F)F)cc1)c1cccc2occc12. The van der Waals surface area contributed by atoms with Crippen LogP contribution in [0.5, 0.6) is 11.5 Å². The molecule has 0 radical (unpaired) electrons. The first kappa shape index (κ1) is 15.0. The lowest BCUT2D eigenvalue weighted by Crippen LogP contribution is -2.17. The summed E-state index contributed by atoms with van der Waals surface area (Å²) in [6, 6.07) is 11.1. The fourth-order valence-electron chi connectivity index (χ4n) is 2.04. The van der Waals surface area contributed by atoms with Crippen molar-refractivity contribution in [3.8, 4) is 11.5 Å². The molecule has 0 fully saturated rings. The van der Waals surface area contributed by atoms with Crippen LogP contribution in [0.1, 0.15) is 10.4 Å². The summed E-state index contributed by atoms with van der Waals surface area (Å²) in [5.41, 5.74) is 0.834. The standard InChI is InChI=1S/C16H9F3O4/c17-16(18,19)23-11-6-4-10(5-7-11)22-15(20)13-2-1-3-14-12(13)8-9-21-14/h1-9H. The van der Waals surface area contributed by atoms with Crippen LogP contribution in [0.4, 0.5) is 13.2 Å². The monoisotopic (exact) mass is 322 g/mol. The number of hydrogen-bond donors (Lipinski definition) is 0. The van der Waals surface area contributed by atoms with Crippen molar-refractivity contribution >= 4 is 16.9 Å². The molecular formula is C16H9F3O4. The lowest BCUT2D eigenvalue weighted by atomic mass is 10.1. The van der Waals surface area contributed by atoms with Crippen LogP contribution in [0.15, 0.2) is 59.2 Å². The first-order valence-corrected chi connectivity index (χ1v) is 6.46. The van der Waals surface area contributed by atoms with Crippen molar-refractivity contribution in [2.45, 2.75) is 6.36 Å². The Morgan fingerprint density at radius 2 is 1.65 bits per heavy atom. The molecule has 1 aromatic heterocycles. The van der Waals surface area contributed by atoms with Gasteiger partial charge in [-0.2, -0.15) is 0 Å². The number of fused-ring (bicyclic) bond motifs is 1. The van der Waals surface area contributed by atoms with Gasteiger partial charge < -0.3 is 13.9 Å². The first-order valence-electron chi connectivity index (χ1n) is 6.46. The van der Waals surface area contributed by atoms with Crippen LogP contribution in [-0.2, 0) is 0 Å². The van der Waals surface area contributed by atoms with Gasteiger partial charge in [-0.3, -0.25) is 0 Å². The average molecular weight is 322 g/mol. The number of hydrogen-bond acceptors (Lipinski definition) is 4. The van der Waals surface area contributed by atoms with E-state index >= 15 is 0 Å². The molecule has 1 heterocycles. The van der Waals surface area contributed by atoms with Gasteiger partial charge in [-0.15, -0.1) is 13.2 Å². The van der Waals surface area contributed by atoms with E-state index < -0.39 is 18.1 Å². The van der Waals surface area contributed by atoms with Crippen molar-refractivity contribution in [2.75, 3.05) is 0 Å². The smallest absolute Gasteiger partial charge is 0.464 e. The second kappa shape index (κ2) is 5.68. The Hall–Kier alpha value is -2.96. The summed E-state index contributed by atoms with van der Waals surface area (Å²) in [7, 11) is 0. The van der Waals surface area contributed by atoms with Crippen LogP contribution in [0, 0.1) is 0 Å². The Balaban J connectivity index is 1.77. The molecule has 0 bridgehead atoms. The average Bonchev–Trinajstić information content (AvgIpc) is 2.96. The number of alkyl halides is 3. The third kappa shape index (κ3) is 3.45. The van der Waals surface area contributed by atoms with E-state index in [2.05, 4.69) is 4.74 Å². The lowest BCUT2D eigenvalue weighted by Gasteiger charge is -2.09. The number of halogens is 3. The van der Waals surface area contributed by atoms with Gasteiger partial charge in [-0.05, 0) is 42.5 Å². The van der Waals surface area contributed by atoms with Gasteiger partial charge in [0.25, 0.3) is 0 Å². The fourth-order valence-corrected chi connectivity index (χ4v) is 2.04. The number of ether oxygens (including phenoxy) is 2. The van der Waals surface area contributed by atoms with Gasteiger partial charge >= 0.3 is 12.3 Å². The number of rotatable bonds is 3. The van der Waals surface area contributed by atoms with E-state index in [9.17, 15) is 18.0 Å². The number of esters is 1. The predicted octanol–water partition coefficient (Wildman–Crippen LogP) is 4.55. The minimum atomic E-state index is -4.77. The molecule has 0 aliphatic carbocycles. The first-order chi connectivity index (χ1) is 10.9. The van der Waals surface area contributed by atoms with Gasteiger partial charge in [-0.25, -0.2) is 4.79 Å². The normalized spacial score (nSPS) is 11.4. The second-order valence-electron chi connectivity index (χ2n) is 4.55. The van der Waals surface area contributed by atoms with Crippen molar-refractivity contribution in [1.82, 2.24) is 0 Å². The number of carbonyl (C=O) groups is 1. The van der Waals surface area contributed by atoms with Crippen LogP contribution in [0.3, 0.4) is 0 Å². The highest BCUT2D eigenvalue weighted by atomic mass is 19.4. The van der Waals surface area contributed by atoms with Gasteiger partial charge in [0.05, 0.1) is 11.8 Å². The third-order valence-corrected chi connectivity index (χ3v) is 2.98. The van der Waals surface area contributed by atoms with Gasteiger partial charge in [0, 0.05) is 5.39 Å². The molecule has 3 rings (SSSR count). The number of furan rings is 1. The zero-order chi connectivity index (χ0) is 16.4. The maximum atomic E-state index is 12.2. The summed E-state index contributed by atoms with van der Waals surface area (Å²) in [6.45, 7) is 0. The molecule has 0 saturated heterocycles. The van der Waals surface area contributed by atoms with Gasteiger partial charge in [0.15, 0.2) is 0 Å². The zero-order valence-corrected chi connectivity index (χ0v) is 11.5. The molecule has 7 heteroatoms. The fraction of sp³-hybridized carbons (Fsp3) is 0.0625. The van der Waals surface area contributed by atoms with Gasteiger partial charge in [0.2, 0.25) is 0 Å².